The number of thioether (sulfide) groups is 1. The van der Waals surface area contributed by atoms with Gasteiger partial charge in [-0.15, -0.1) is 23.1 Å². The number of carbonyl (C=O) groups is 1. The summed E-state index contributed by atoms with van der Waals surface area (Å²) in [4.78, 5) is 13.8. The van der Waals surface area contributed by atoms with Crippen LogP contribution in [0.5, 0.6) is 5.75 Å². The van der Waals surface area contributed by atoms with E-state index in [4.69, 9.17) is 4.74 Å². The molecule has 0 atom stereocenters. The molecule has 0 bridgehead atoms. The highest BCUT2D eigenvalue weighted by Crippen LogP contribution is 2.26. The van der Waals surface area contributed by atoms with Gasteiger partial charge in [-0.25, -0.2) is 0 Å². The molecule has 0 amide bonds. The fraction of sp³-hybridized carbons (Fsp3) is 0.154. The van der Waals surface area contributed by atoms with Crippen LogP contribution in [-0.2, 0) is 0 Å². The van der Waals surface area contributed by atoms with E-state index in [1.807, 2.05) is 36.4 Å². The molecular weight excluding hydrogens is 332 g/mol. The first kappa shape index (κ1) is 13.6. The van der Waals surface area contributed by atoms with Crippen LogP contribution in [0.4, 0.5) is 0 Å². The SMILES string of the molecule is COc1cccc(SCC(=O)c2ccc(Br)s2)c1. The van der Waals surface area contributed by atoms with Crippen molar-refractivity contribution in [3.05, 3.63) is 45.1 Å². The number of hydrogen-bond donors (Lipinski definition) is 0. The Morgan fingerprint density at radius 2 is 2.22 bits per heavy atom. The van der Waals surface area contributed by atoms with Crippen LogP contribution in [-0.4, -0.2) is 18.6 Å². The van der Waals surface area contributed by atoms with Gasteiger partial charge in [0.25, 0.3) is 0 Å². The molecule has 0 aliphatic rings. The van der Waals surface area contributed by atoms with Crippen molar-refractivity contribution < 1.29 is 9.53 Å². The Bertz CT molecular complexity index is 551. The number of benzene rings is 1. The minimum Gasteiger partial charge on any atom is -0.497 e. The van der Waals surface area contributed by atoms with E-state index in [9.17, 15) is 4.79 Å². The summed E-state index contributed by atoms with van der Waals surface area (Å²) >= 11 is 6.35. The van der Waals surface area contributed by atoms with Crippen LogP contribution in [0.2, 0.25) is 0 Å². The molecule has 2 rings (SSSR count). The van der Waals surface area contributed by atoms with Crippen LogP contribution < -0.4 is 4.74 Å². The second kappa shape index (κ2) is 6.41. The number of methoxy groups -OCH3 is 1. The van der Waals surface area contributed by atoms with Gasteiger partial charge in [-0.2, -0.15) is 0 Å². The van der Waals surface area contributed by atoms with Crippen molar-refractivity contribution in [2.24, 2.45) is 0 Å². The van der Waals surface area contributed by atoms with Crippen LogP contribution in [0.15, 0.2) is 45.1 Å². The number of carbonyl (C=O) groups excluding carboxylic acids is 1. The van der Waals surface area contributed by atoms with Gasteiger partial charge in [0.2, 0.25) is 0 Å². The van der Waals surface area contributed by atoms with Gasteiger partial charge in [-0.1, -0.05) is 6.07 Å². The summed E-state index contributed by atoms with van der Waals surface area (Å²) in [6, 6.07) is 11.5. The van der Waals surface area contributed by atoms with E-state index in [-0.39, 0.29) is 5.78 Å². The van der Waals surface area contributed by atoms with Gasteiger partial charge < -0.3 is 4.74 Å². The van der Waals surface area contributed by atoms with Gasteiger partial charge in [-0.3, -0.25) is 4.79 Å². The van der Waals surface area contributed by atoms with Crippen LogP contribution in [0.1, 0.15) is 9.67 Å². The van der Waals surface area contributed by atoms with Crippen molar-refractivity contribution in [3.8, 4) is 5.75 Å². The average molecular weight is 343 g/mol. The predicted molar refractivity (Wildman–Crippen MR) is 80.1 cm³/mol. The quantitative estimate of drug-likeness (QED) is 0.591. The highest BCUT2D eigenvalue weighted by molar-refractivity contribution is 9.11. The van der Waals surface area contributed by atoms with Gasteiger partial charge in [-0.05, 0) is 46.3 Å². The summed E-state index contributed by atoms with van der Waals surface area (Å²) in [6.45, 7) is 0. The molecule has 5 heteroatoms. The molecule has 1 aromatic heterocycles. The lowest BCUT2D eigenvalue weighted by atomic mass is 10.3. The van der Waals surface area contributed by atoms with E-state index in [0.29, 0.717) is 5.75 Å². The molecule has 0 radical (unpaired) electrons. The highest BCUT2D eigenvalue weighted by Gasteiger charge is 2.09. The fourth-order valence-electron chi connectivity index (χ4n) is 1.38. The fourth-order valence-corrected chi connectivity index (χ4v) is 3.62. The summed E-state index contributed by atoms with van der Waals surface area (Å²) in [7, 11) is 1.64. The smallest absolute Gasteiger partial charge is 0.183 e. The zero-order valence-electron chi connectivity index (χ0n) is 9.68. The molecule has 0 aliphatic carbocycles. The Hall–Kier alpha value is -0.780. The molecule has 0 saturated heterocycles. The third-order valence-electron chi connectivity index (χ3n) is 2.26. The summed E-state index contributed by atoms with van der Waals surface area (Å²) in [5.74, 6) is 1.41. The first-order valence-electron chi connectivity index (χ1n) is 5.24. The monoisotopic (exact) mass is 342 g/mol. The van der Waals surface area contributed by atoms with Crippen molar-refractivity contribution in [2.45, 2.75) is 4.90 Å². The molecule has 94 valence electrons. The Balaban J connectivity index is 1.97. The van der Waals surface area contributed by atoms with Crippen molar-refractivity contribution in [3.63, 3.8) is 0 Å². The molecule has 0 unspecified atom stereocenters. The maximum Gasteiger partial charge on any atom is 0.183 e. The number of rotatable bonds is 5. The third kappa shape index (κ3) is 3.60. The number of thiophene rings is 1. The zero-order valence-corrected chi connectivity index (χ0v) is 12.9. The molecule has 1 aromatic carbocycles. The molecule has 0 fully saturated rings. The number of hydrogen-bond acceptors (Lipinski definition) is 4. The zero-order chi connectivity index (χ0) is 13.0. The lowest BCUT2D eigenvalue weighted by Gasteiger charge is -2.03. The van der Waals surface area contributed by atoms with Crippen molar-refractivity contribution >= 4 is 44.8 Å². The molecule has 0 spiro atoms. The van der Waals surface area contributed by atoms with E-state index in [0.717, 1.165) is 19.3 Å². The molecule has 2 aromatic rings. The van der Waals surface area contributed by atoms with E-state index in [2.05, 4.69) is 15.9 Å². The largest absolute Gasteiger partial charge is 0.497 e. The van der Waals surface area contributed by atoms with Crippen LogP contribution in [0, 0.1) is 0 Å². The topological polar surface area (TPSA) is 26.3 Å². The van der Waals surface area contributed by atoms with E-state index >= 15 is 0 Å². The Labute approximate surface area is 122 Å². The molecular formula is C13H11BrO2S2. The third-order valence-corrected chi connectivity index (χ3v) is 4.92. The van der Waals surface area contributed by atoms with Gasteiger partial charge >= 0.3 is 0 Å². The van der Waals surface area contributed by atoms with E-state index < -0.39 is 0 Å². The molecule has 18 heavy (non-hydrogen) atoms. The lowest BCUT2D eigenvalue weighted by molar-refractivity contribution is 0.102. The van der Waals surface area contributed by atoms with Gasteiger partial charge in [0, 0.05) is 4.90 Å². The first-order valence-corrected chi connectivity index (χ1v) is 7.84. The minimum absolute atomic E-state index is 0.151. The molecule has 0 aliphatic heterocycles. The predicted octanol–water partition coefficient (Wildman–Crippen LogP) is 4.49. The molecule has 0 saturated carbocycles. The van der Waals surface area contributed by atoms with Gasteiger partial charge in [0.1, 0.15) is 5.75 Å². The van der Waals surface area contributed by atoms with Crippen LogP contribution in [0.25, 0.3) is 0 Å². The summed E-state index contributed by atoms with van der Waals surface area (Å²) in [6.07, 6.45) is 0. The number of halogens is 1. The standard InChI is InChI=1S/C13H11BrO2S2/c1-16-9-3-2-4-10(7-9)17-8-11(15)12-5-6-13(14)18-12/h2-7H,8H2,1H3. The summed E-state index contributed by atoms with van der Waals surface area (Å²) in [5.41, 5.74) is 0. The lowest BCUT2D eigenvalue weighted by Crippen LogP contribution is -1.99. The maximum absolute atomic E-state index is 11.9. The normalized spacial score (nSPS) is 10.3. The van der Waals surface area contributed by atoms with Crippen molar-refractivity contribution in [1.82, 2.24) is 0 Å². The molecule has 1 heterocycles. The Kier molecular flexibility index (Phi) is 4.86. The highest BCUT2D eigenvalue weighted by atomic mass is 79.9. The second-order valence-corrected chi connectivity index (χ2v) is 7.01. The van der Waals surface area contributed by atoms with Gasteiger partial charge in [0.05, 0.1) is 21.5 Å². The maximum atomic E-state index is 11.9. The van der Waals surface area contributed by atoms with Gasteiger partial charge in [0.15, 0.2) is 5.78 Å². The van der Waals surface area contributed by atoms with Crippen molar-refractivity contribution in [2.75, 3.05) is 12.9 Å². The first-order chi connectivity index (χ1) is 8.69. The Morgan fingerprint density at radius 1 is 1.39 bits per heavy atom. The van der Waals surface area contributed by atoms with E-state index in [1.54, 1.807) is 7.11 Å². The average Bonchev–Trinajstić information content (AvgIpc) is 2.83. The summed E-state index contributed by atoms with van der Waals surface area (Å²) in [5, 5.41) is 0. The summed E-state index contributed by atoms with van der Waals surface area (Å²) < 4.78 is 6.13. The van der Waals surface area contributed by atoms with Crippen LogP contribution in [0.3, 0.4) is 0 Å². The van der Waals surface area contributed by atoms with E-state index in [1.165, 1.54) is 23.1 Å². The minimum atomic E-state index is 0.151. The number of Topliss-reactive ketones (excluding diaryl/α,β-unsaturated/α-hetero) is 1. The number of ether oxygens (including phenoxy) is 1. The molecule has 0 N–H and O–H groups in total. The second-order valence-electron chi connectivity index (χ2n) is 3.49. The molecule has 2 nitrogen and oxygen atoms in total. The van der Waals surface area contributed by atoms with Crippen molar-refractivity contribution in [1.29, 1.82) is 0 Å². The van der Waals surface area contributed by atoms with Crippen LogP contribution >= 0.6 is 39.0 Å². The number of ketones is 1. The Morgan fingerprint density at radius 3 is 2.89 bits per heavy atom.